The highest BCUT2D eigenvalue weighted by atomic mass is 79.9. The highest BCUT2D eigenvalue weighted by molar-refractivity contribution is 9.10. The maximum Gasteiger partial charge on any atom is 0.262 e. The predicted molar refractivity (Wildman–Crippen MR) is 112 cm³/mol. The van der Waals surface area contributed by atoms with E-state index in [-0.39, 0.29) is 12.2 Å². The Hall–Kier alpha value is -3.31. The number of nitrogens with two attached hydrogens (primary N) is 1. The fraction of sp³-hybridized carbons (Fsp3) is 0.190. The first-order valence-electron chi connectivity index (χ1n) is 8.76. The molecule has 29 heavy (non-hydrogen) atoms. The topological polar surface area (TPSA) is 114 Å². The van der Waals surface area contributed by atoms with Crippen molar-refractivity contribution >= 4 is 33.8 Å². The lowest BCUT2D eigenvalue weighted by atomic mass is 10.1. The summed E-state index contributed by atoms with van der Waals surface area (Å²) in [5.41, 5.74) is 6.55. The van der Waals surface area contributed by atoms with E-state index in [9.17, 15) is 14.9 Å². The zero-order valence-electron chi connectivity index (χ0n) is 15.8. The highest BCUT2D eigenvalue weighted by Crippen LogP contribution is 2.37. The van der Waals surface area contributed by atoms with Crippen LogP contribution in [0.5, 0.6) is 11.5 Å². The summed E-state index contributed by atoms with van der Waals surface area (Å²) in [5, 5.41) is 12.1. The highest BCUT2D eigenvalue weighted by Gasteiger charge is 2.15. The van der Waals surface area contributed by atoms with E-state index in [1.165, 1.54) is 6.08 Å². The first-order valence-corrected chi connectivity index (χ1v) is 9.55. The van der Waals surface area contributed by atoms with Crippen LogP contribution in [0.2, 0.25) is 0 Å². The first kappa shape index (κ1) is 22.0. The summed E-state index contributed by atoms with van der Waals surface area (Å²) in [6.45, 7) is 2.16. The summed E-state index contributed by atoms with van der Waals surface area (Å²) in [4.78, 5) is 23.4. The second-order valence-electron chi connectivity index (χ2n) is 5.86. The molecule has 0 aliphatic carbocycles. The van der Waals surface area contributed by atoms with Crippen molar-refractivity contribution < 1.29 is 19.1 Å². The van der Waals surface area contributed by atoms with Crippen molar-refractivity contribution in [1.29, 1.82) is 5.26 Å². The molecule has 2 amide bonds. The molecule has 8 heteroatoms. The molecule has 0 aliphatic rings. The molecule has 0 aromatic heterocycles. The standard InChI is InChI=1S/C21H20BrN3O4/c1-2-28-18-10-15(9-17(22)20(18)29-13-19(24)26)8-16(11-23)21(27)25-12-14-6-4-3-5-7-14/h3-10H,2,12-13H2,1H3,(H2,24,26)(H,25,27)/b16-8+. The maximum absolute atomic E-state index is 12.4. The van der Waals surface area contributed by atoms with E-state index in [2.05, 4.69) is 21.2 Å². The molecule has 2 aromatic rings. The quantitative estimate of drug-likeness (QED) is 0.443. The van der Waals surface area contributed by atoms with E-state index in [4.69, 9.17) is 15.2 Å². The summed E-state index contributed by atoms with van der Waals surface area (Å²) in [6, 6.07) is 14.6. The van der Waals surface area contributed by atoms with E-state index in [0.717, 1.165) is 5.56 Å². The molecule has 0 radical (unpaired) electrons. The minimum atomic E-state index is -0.620. The Labute approximate surface area is 177 Å². The number of amides is 2. The van der Waals surface area contributed by atoms with Crippen LogP contribution in [0.1, 0.15) is 18.1 Å². The molecular weight excluding hydrogens is 438 g/mol. The molecule has 0 fully saturated rings. The summed E-state index contributed by atoms with van der Waals surface area (Å²) < 4.78 is 11.4. The summed E-state index contributed by atoms with van der Waals surface area (Å²) >= 11 is 3.36. The third-order valence-corrected chi connectivity index (χ3v) is 4.25. The van der Waals surface area contributed by atoms with Gasteiger partial charge in [0, 0.05) is 6.54 Å². The van der Waals surface area contributed by atoms with E-state index < -0.39 is 11.8 Å². The zero-order chi connectivity index (χ0) is 21.2. The van der Waals surface area contributed by atoms with E-state index in [1.807, 2.05) is 36.4 Å². The Balaban J connectivity index is 2.23. The Bertz CT molecular complexity index is 952. The first-order chi connectivity index (χ1) is 13.9. The number of rotatable bonds is 9. The van der Waals surface area contributed by atoms with Crippen LogP contribution in [0.3, 0.4) is 0 Å². The van der Waals surface area contributed by atoms with Gasteiger partial charge in [-0.2, -0.15) is 5.26 Å². The normalized spacial score (nSPS) is 10.7. The van der Waals surface area contributed by atoms with Crippen LogP contribution in [0, 0.1) is 11.3 Å². The number of nitrogens with one attached hydrogen (secondary N) is 1. The lowest BCUT2D eigenvalue weighted by molar-refractivity contribution is -0.120. The van der Waals surface area contributed by atoms with Gasteiger partial charge < -0.3 is 20.5 Å². The molecular formula is C21H20BrN3O4. The van der Waals surface area contributed by atoms with Crippen molar-refractivity contribution in [2.45, 2.75) is 13.5 Å². The van der Waals surface area contributed by atoms with Crippen molar-refractivity contribution in [1.82, 2.24) is 5.32 Å². The van der Waals surface area contributed by atoms with Crippen LogP contribution in [0.15, 0.2) is 52.5 Å². The predicted octanol–water partition coefficient (Wildman–Crippen LogP) is 2.94. The number of nitriles is 1. The van der Waals surface area contributed by atoms with Crippen molar-refractivity contribution in [3.05, 3.63) is 63.6 Å². The van der Waals surface area contributed by atoms with Gasteiger partial charge in [0.2, 0.25) is 0 Å². The third-order valence-electron chi connectivity index (χ3n) is 3.66. The number of primary amides is 1. The van der Waals surface area contributed by atoms with Gasteiger partial charge in [-0.05, 0) is 52.2 Å². The van der Waals surface area contributed by atoms with Gasteiger partial charge in [0.25, 0.3) is 11.8 Å². The molecule has 3 N–H and O–H groups in total. The Morgan fingerprint density at radius 1 is 1.24 bits per heavy atom. The van der Waals surface area contributed by atoms with Crippen LogP contribution in [-0.2, 0) is 16.1 Å². The lowest BCUT2D eigenvalue weighted by Crippen LogP contribution is -2.23. The van der Waals surface area contributed by atoms with Gasteiger partial charge in [-0.1, -0.05) is 30.3 Å². The van der Waals surface area contributed by atoms with Gasteiger partial charge in [-0.25, -0.2) is 0 Å². The number of carbonyl (C=O) groups is 2. The average Bonchev–Trinajstić information content (AvgIpc) is 2.70. The number of benzene rings is 2. The molecule has 0 bridgehead atoms. The molecule has 0 aliphatic heterocycles. The molecule has 0 unspecified atom stereocenters. The van der Waals surface area contributed by atoms with Crippen molar-refractivity contribution in [2.24, 2.45) is 5.73 Å². The summed E-state index contributed by atoms with van der Waals surface area (Å²) in [7, 11) is 0. The molecule has 2 rings (SSSR count). The van der Waals surface area contributed by atoms with Gasteiger partial charge in [0.05, 0.1) is 11.1 Å². The van der Waals surface area contributed by atoms with Gasteiger partial charge in [-0.15, -0.1) is 0 Å². The number of nitrogens with zero attached hydrogens (tertiary/aromatic N) is 1. The Morgan fingerprint density at radius 2 is 1.97 bits per heavy atom. The summed E-state index contributed by atoms with van der Waals surface area (Å²) in [6.07, 6.45) is 1.45. The van der Waals surface area contributed by atoms with Crippen LogP contribution >= 0.6 is 15.9 Å². The second kappa shape index (κ2) is 10.9. The molecule has 0 saturated heterocycles. The minimum Gasteiger partial charge on any atom is -0.490 e. The van der Waals surface area contributed by atoms with Crippen LogP contribution in [0.25, 0.3) is 6.08 Å². The Kier molecular flexibility index (Phi) is 8.25. The molecule has 0 heterocycles. The summed E-state index contributed by atoms with van der Waals surface area (Å²) in [5.74, 6) is -0.434. The zero-order valence-corrected chi connectivity index (χ0v) is 17.4. The van der Waals surface area contributed by atoms with Crippen molar-refractivity contribution in [2.75, 3.05) is 13.2 Å². The van der Waals surface area contributed by atoms with E-state index in [1.54, 1.807) is 19.1 Å². The molecule has 7 nitrogen and oxygen atoms in total. The van der Waals surface area contributed by atoms with Crippen LogP contribution in [0.4, 0.5) is 0 Å². The number of carbonyl (C=O) groups excluding carboxylic acids is 2. The van der Waals surface area contributed by atoms with Crippen LogP contribution in [-0.4, -0.2) is 25.0 Å². The van der Waals surface area contributed by atoms with Gasteiger partial charge in [0.1, 0.15) is 11.6 Å². The van der Waals surface area contributed by atoms with Gasteiger partial charge in [0.15, 0.2) is 18.1 Å². The minimum absolute atomic E-state index is 0.0546. The number of hydrogen-bond acceptors (Lipinski definition) is 5. The molecule has 0 saturated carbocycles. The fourth-order valence-corrected chi connectivity index (χ4v) is 2.98. The smallest absolute Gasteiger partial charge is 0.262 e. The molecule has 0 atom stereocenters. The van der Waals surface area contributed by atoms with Crippen molar-refractivity contribution in [3.8, 4) is 17.6 Å². The van der Waals surface area contributed by atoms with E-state index >= 15 is 0 Å². The van der Waals surface area contributed by atoms with Crippen molar-refractivity contribution in [3.63, 3.8) is 0 Å². The number of halogens is 1. The van der Waals surface area contributed by atoms with Gasteiger partial charge in [-0.3, -0.25) is 9.59 Å². The molecule has 2 aromatic carbocycles. The molecule has 0 spiro atoms. The number of ether oxygens (including phenoxy) is 2. The monoisotopic (exact) mass is 457 g/mol. The maximum atomic E-state index is 12.4. The van der Waals surface area contributed by atoms with E-state index in [0.29, 0.717) is 34.7 Å². The van der Waals surface area contributed by atoms with Crippen LogP contribution < -0.4 is 20.5 Å². The second-order valence-corrected chi connectivity index (χ2v) is 6.71. The fourth-order valence-electron chi connectivity index (χ4n) is 2.41. The average molecular weight is 458 g/mol. The molecule has 150 valence electrons. The number of hydrogen-bond donors (Lipinski definition) is 2. The Morgan fingerprint density at radius 3 is 2.59 bits per heavy atom. The lowest BCUT2D eigenvalue weighted by Gasteiger charge is -2.14. The SMILES string of the molecule is CCOc1cc(/C=C(\C#N)C(=O)NCc2ccccc2)cc(Br)c1OCC(N)=O. The third kappa shape index (κ3) is 6.66. The largest absolute Gasteiger partial charge is 0.490 e. The van der Waals surface area contributed by atoms with Gasteiger partial charge >= 0.3 is 0 Å².